The van der Waals surface area contributed by atoms with E-state index in [4.69, 9.17) is 4.55 Å². The molecule has 2 N–H and O–H groups in total. The van der Waals surface area contributed by atoms with E-state index in [0.717, 1.165) is 0 Å². The third kappa shape index (κ3) is 6.23. The van der Waals surface area contributed by atoms with Crippen molar-refractivity contribution < 1.29 is 30.9 Å². The molecule has 0 aliphatic carbocycles. The number of nitrogens with one attached hydrogen (secondary N) is 1. The van der Waals surface area contributed by atoms with Crippen LogP contribution in [0.4, 0.5) is 13.2 Å². The first kappa shape index (κ1) is 18.9. The highest BCUT2D eigenvalue weighted by Crippen LogP contribution is 2.23. The van der Waals surface area contributed by atoms with Gasteiger partial charge in [0.1, 0.15) is 11.8 Å². The quantitative estimate of drug-likeness (QED) is 0.447. The van der Waals surface area contributed by atoms with Crippen molar-refractivity contribution in [1.82, 2.24) is 5.32 Å². The van der Waals surface area contributed by atoms with Crippen molar-refractivity contribution in [3.05, 3.63) is 30.9 Å². The maximum absolute atomic E-state index is 12.7. The third-order valence-electron chi connectivity index (χ3n) is 2.25. The normalized spacial score (nSPS) is 13.8. The third-order valence-corrected chi connectivity index (χ3v) is 4.62. The second-order valence-corrected chi connectivity index (χ2v) is 7.85. The number of amides is 1. The van der Waals surface area contributed by atoms with Gasteiger partial charge in [-0.05, 0) is 63.4 Å². The molecule has 118 valence electrons. The summed E-state index contributed by atoms with van der Waals surface area (Å²) in [5.41, 5.74) is -0.00733. The van der Waals surface area contributed by atoms with Crippen molar-refractivity contribution >= 4 is 61.2 Å². The Morgan fingerprint density at radius 3 is 2.38 bits per heavy atom. The van der Waals surface area contributed by atoms with Crippen LogP contribution in [-0.2, 0) is 10.1 Å². The van der Waals surface area contributed by atoms with E-state index in [9.17, 15) is 26.4 Å². The SMILES string of the molecule is O=C(NC(CS(=O)(=O)O)C(F)(F)F)c1cc(I)ccc1I. The molecular formula is C10H8F3I2NO4S. The monoisotopic (exact) mass is 549 g/mol. The van der Waals surface area contributed by atoms with Gasteiger partial charge < -0.3 is 5.32 Å². The van der Waals surface area contributed by atoms with Crippen molar-refractivity contribution in [2.24, 2.45) is 0 Å². The van der Waals surface area contributed by atoms with Gasteiger partial charge in [-0.25, -0.2) is 0 Å². The number of rotatable bonds is 4. The zero-order valence-electron chi connectivity index (χ0n) is 9.99. The minimum atomic E-state index is -5.00. The van der Waals surface area contributed by atoms with E-state index in [-0.39, 0.29) is 5.56 Å². The van der Waals surface area contributed by atoms with E-state index in [1.54, 1.807) is 40.0 Å². The predicted molar refractivity (Wildman–Crippen MR) is 85.6 cm³/mol. The number of benzene rings is 1. The topological polar surface area (TPSA) is 83.5 Å². The fourth-order valence-electron chi connectivity index (χ4n) is 1.34. The van der Waals surface area contributed by atoms with E-state index < -0.39 is 34.0 Å². The minimum Gasteiger partial charge on any atom is -0.339 e. The maximum Gasteiger partial charge on any atom is 0.409 e. The van der Waals surface area contributed by atoms with Crippen LogP contribution < -0.4 is 5.32 Å². The van der Waals surface area contributed by atoms with Crippen molar-refractivity contribution in [3.63, 3.8) is 0 Å². The van der Waals surface area contributed by atoms with Crippen LogP contribution in [0.5, 0.6) is 0 Å². The van der Waals surface area contributed by atoms with Crippen LogP contribution in [-0.4, -0.2) is 36.8 Å². The molecule has 0 aliphatic rings. The van der Waals surface area contributed by atoms with E-state index in [2.05, 4.69) is 0 Å². The number of hydrogen-bond acceptors (Lipinski definition) is 3. The molecule has 0 heterocycles. The first-order valence-corrected chi connectivity index (χ1v) is 8.94. The molecular weight excluding hydrogens is 541 g/mol. The molecule has 1 amide bonds. The Morgan fingerprint density at radius 2 is 1.90 bits per heavy atom. The van der Waals surface area contributed by atoms with E-state index in [1.807, 2.05) is 22.6 Å². The molecule has 11 heteroatoms. The van der Waals surface area contributed by atoms with Crippen LogP contribution in [0.25, 0.3) is 0 Å². The summed E-state index contributed by atoms with van der Waals surface area (Å²) in [4.78, 5) is 11.9. The van der Waals surface area contributed by atoms with Crippen LogP contribution in [0.1, 0.15) is 10.4 Å². The van der Waals surface area contributed by atoms with Crippen LogP contribution in [0, 0.1) is 7.14 Å². The van der Waals surface area contributed by atoms with Gasteiger partial charge in [-0.15, -0.1) is 0 Å². The van der Waals surface area contributed by atoms with Crippen LogP contribution in [0.3, 0.4) is 0 Å². The summed E-state index contributed by atoms with van der Waals surface area (Å²) in [6, 6.07) is 1.90. The summed E-state index contributed by atoms with van der Waals surface area (Å²) in [5.74, 6) is -2.70. The molecule has 1 rings (SSSR count). The molecule has 0 aliphatic heterocycles. The molecule has 21 heavy (non-hydrogen) atoms. The number of carbonyl (C=O) groups excluding carboxylic acids is 1. The van der Waals surface area contributed by atoms with Gasteiger partial charge in [-0.1, -0.05) is 0 Å². The van der Waals surface area contributed by atoms with E-state index in [1.165, 1.54) is 6.07 Å². The van der Waals surface area contributed by atoms with Gasteiger partial charge in [-0.2, -0.15) is 21.6 Å². The number of carbonyl (C=O) groups is 1. The molecule has 0 spiro atoms. The standard InChI is InChI=1S/C10H8F3I2NO4S/c11-10(12,13)8(4-21(18,19)20)16-9(17)6-3-5(14)1-2-7(6)15/h1-3,8H,4H2,(H,16,17)(H,18,19,20). The molecule has 0 saturated heterocycles. The van der Waals surface area contributed by atoms with Gasteiger partial charge in [-0.3, -0.25) is 9.35 Å². The summed E-state index contributed by atoms with van der Waals surface area (Å²) in [7, 11) is -4.89. The molecule has 1 atom stereocenters. The fraction of sp³-hybridized carbons (Fsp3) is 0.300. The second-order valence-electron chi connectivity index (χ2n) is 3.94. The van der Waals surface area contributed by atoms with Crippen LogP contribution in [0.15, 0.2) is 18.2 Å². The molecule has 0 fully saturated rings. The fourth-order valence-corrected chi connectivity index (χ4v) is 3.10. The van der Waals surface area contributed by atoms with E-state index >= 15 is 0 Å². The number of halogens is 5. The maximum atomic E-state index is 12.7. The van der Waals surface area contributed by atoms with Gasteiger partial charge in [0.05, 0.1) is 5.56 Å². The number of hydrogen-bond donors (Lipinski definition) is 2. The van der Waals surface area contributed by atoms with Gasteiger partial charge in [0.2, 0.25) is 0 Å². The number of alkyl halides is 3. The molecule has 0 radical (unpaired) electrons. The second kappa shape index (κ2) is 6.95. The predicted octanol–water partition coefficient (Wildman–Crippen LogP) is 2.44. The van der Waals surface area contributed by atoms with Crippen molar-refractivity contribution in [2.75, 3.05) is 5.75 Å². The lowest BCUT2D eigenvalue weighted by Crippen LogP contribution is -2.49. The Bertz CT molecular complexity index is 648. The highest BCUT2D eigenvalue weighted by atomic mass is 127. The Balaban J connectivity index is 3.03. The van der Waals surface area contributed by atoms with Gasteiger partial charge >= 0.3 is 6.18 Å². The minimum absolute atomic E-state index is 0.00733. The summed E-state index contributed by atoms with van der Waals surface area (Å²) >= 11 is 3.66. The zero-order chi connectivity index (χ0) is 16.4. The Hall–Kier alpha value is -0.150. The Kier molecular flexibility index (Phi) is 6.26. The molecule has 1 unspecified atom stereocenters. The van der Waals surface area contributed by atoms with Crippen molar-refractivity contribution in [2.45, 2.75) is 12.2 Å². The first-order valence-electron chi connectivity index (χ1n) is 5.18. The average molecular weight is 549 g/mol. The molecule has 0 saturated carbocycles. The highest BCUT2D eigenvalue weighted by molar-refractivity contribution is 14.1. The summed E-state index contributed by atoms with van der Waals surface area (Å²) in [5, 5.41) is 1.59. The van der Waals surface area contributed by atoms with Crippen molar-refractivity contribution in [1.29, 1.82) is 0 Å². The lowest BCUT2D eigenvalue weighted by Gasteiger charge is -2.20. The van der Waals surface area contributed by atoms with Crippen molar-refractivity contribution in [3.8, 4) is 0 Å². The molecule has 5 nitrogen and oxygen atoms in total. The average Bonchev–Trinajstić information content (AvgIpc) is 2.28. The largest absolute Gasteiger partial charge is 0.409 e. The van der Waals surface area contributed by atoms with Crippen LogP contribution in [0.2, 0.25) is 0 Å². The molecule has 1 aromatic carbocycles. The molecule has 0 bridgehead atoms. The van der Waals surface area contributed by atoms with Gasteiger partial charge in [0.15, 0.2) is 0 Å². The summed E-state index contributed by atoms with van der Waals surface area (Å²) in [6.07, 6.45) is -5.00. The molecule has 1 aromatic rings. The van der Waals surface area contributed by atoms with Gasteiger partial charge in [0, 0.05) is 7.14 Å². The lowest BCUT2D eigenvalue weighted by molar-refractivity contribution is -0.148. The summed E-state index contributed by atoms with van der Waals surface area (Å²) < 4.78 is 69.0. The summed E-state index contributed by atoms with van der Waals surface area (Å²) in [6.45, 7) is 0. The Labute approximate surface area is 145 Å². The smallest absolute Gasteiger partial charge is 0.339 e. The van der Waals surface area contributed by atoms with Gasteiger partial charge in [0.25, 0.3) is 16.0 Å². The Morgan fingerprint density at radius 1 is 1.33 bits per heavy atom. The first-order chi connectivity index (χ1) is 9.40. The van der Waals surface area contributed by atoms with Crippen LogP contribution >= 0.6 is 45.2 Å². The molecule has 0 aromatic heterocycles. The zero-order valence-corrected chi connectivity index (χ0v) is 15.1. The lowest BCUT2D eigenvalue weighted by atomic mass is 10.2. The van der Waals surface area contributed by atoms with E-state index in [0.29, 0.717) is 7.14 Å². The highest BCUT2D eigenvalue weighted by Gasteiger charge is 2.43.